The molecule has 0 spiro atoms. The Labute approximate surface area is 86.5 Å². The van der Waals surface area contributed by atoms with Gasteiger partial charge in [-0.15, -0.1) is 0 Å². The summed E-state index contributed by atoms with van der Waals surface area (Å²) < 4.78 is 22.1. The van der Waals surface area contributed by atoms with Crippen LogP contribution in [0.4, 0.5) is 0 Å². The molecule has 0 atom stereocenters. The van der Waals surface area contributed by atoms with Gasteiger partial charge in [-0.1, -0.05) is 0 Å². The average Bonchev–Trinajstić information content (AvgIpc) is 2.03. The van der Waals surface area contributed by atoms with Gasteiger partial charge in [0.05, 0.1) is 0 Å². The molecule has 11 heavy (non-hydrogen) atoms. The van der Waals surface area contributed by atoms with E-state index in [4.69, 9.17) is 9.85 Å². The number of amides is 1. The van der Waals surface area contributed by atoms with Gasteiger partial charge in [0, 0.05) is 6.07 Å². The first-order valence-corrected chi connectivity index (χ1v) is 2.73. The number of aryl methyl sites for hydroxylation is 1. The lowest BCUT2D eigenvalue weighted by atomic mass is 10.3. The van der Waals surface area contributed by atoms with Gasteiger partial charge in [-0.05, 0) is 6.07 Å². The average molecular weight is 267 g/mol. The Morgan fingerprint density at radius 1 is 1.82 bits per heavy atom. The van der Waals surface area contributed by atoms with E-state index in [0.717, 1.165) is 4.57 Å². The summed E-state index contributed by atoms with van der Waals surface area (Å²) in [5, 5.41) is 0. The van der Waals surface area contributed by atoms with Gasteiger partial charge in [0.15, 0.2) is 12.4 Å². The zero-order valence-electron chi connectivity index (χ0n) is 8.62. The van der Waals surface area contributed by atoms with Crippen molar-refractivity contribution in [1.29, 1.82) is 0 Å². The van der Waals surface area contributed by atoms with E-state index >= 15 is 0 Å². The van der Waals surface area contributed by atoms with Gasteiger partial charge in [0.25, 0.3) is 5.91 Å². The molecule has 0 aliphatic rings. The Morgan fingerprint density at radius 2 is 2.55 bits per heavy atom. The van der Waals surface area contributed by atoms with Crippen LogP contribution in [-0.4, -0.2) is 5.91 Å². The van der Waals surface area contributed by atoms with Crippen molar-refractivity contribution in [3.8, 4) is 0 Å². The van der Waals surface area contributed by atoms with Crippen LogP contribution in [0.1, 0.15) is 14.5 Å². The SMILES string of the molecule is [2H]C([2H])([2H])[n+]1cccc(C(N)=O)c1.[I-]. The molecule has 0 aromatic carbocycles. The van der Waals surface area contributed by atoms with Crippen molar-refractivity contribution in [3.05, 3.63) is 30.1 Å². The highest BCUT2D eigenvalue weighted by molar-refractivity contribution is 5.92. The second-order valence-electron chi connectivity index (χ2n) is 1.86. The van der Waals surface area contributed by atoms with Crippen LogP contribution in [0.3, 0.4) is 0 Å². The number of hydrogen-bond donors (Lipinski definition) is 1. The molecule has 1 amide bonds. The zero-order valence-corrected chi connectivity index (χ0v) is 7.78. The normalized spacial score (nSPS) is 13.6. The van der Waals surface area contributed by atoms with Crippen molar-refractivity contribution in [2.75, 3.05) is 0 Å². The maximum absolute atomic E-state index is 10.7. The maximum atomic E-state index is 10.7. The molecule has 0 fully saturated rings. The summed E-state index contributed by atoms with van der Waals surface area (Å²) >= 11 is 0. The molecule has 1 rings (SSSR count). The largest absolute Gasteiger partial charge is 1.00 e. The number of carbonyl (C=O) groups excluding carboxylic acids is 1. The van der Waals surface area contributed by atoms with Crippen LogP contribution in [0.25, 0.3) is 0 Å². The molecule has 0 unspecified atom stereocenters. The van der Waals surface area contributed by atoms with E-state index in [1.807, 2.05) is 0 Å². The van der Waals surface area contributed by atoms with Gasteiger partial charge < -0.3 is 29.7 Å². The topological polar surface area (TPSA) is 47.0 Å². The van der Waals surface area contributed by atoms with Crippen molar-refractivity contribution in [2.24, 2.45) is 12.7 Å². The molecule has 3 nitrogen and oxygen atoms in total. The first-order chi connectivity index (χ1) is 5.91. The first-order valence-electron chi connectivity index (χ1n) is 4.23. The van der Waals surface area contributed by atoms with E-state index in [2.05, 4.69) is 0 Å². The van der Waals surface area contributed by atoms with Crippen molar-refractivity contribution in [2.45, 2.75) is 0 Å². The summed E-state index contributed by atoms with van der Waals surface area (Å²) in [4.78, 5) is 10.7. The fraction of sp³-hybridized carbons (Fsp3) is 0.143. The fourth-order valence-electron chi connectivity index (χ4n) is 0.621. The molecule has 4 heteroatoms. The number of nitrogens with zero attached hydrogens (tertiary/aromatic N) is 1. The molecule has 1 heterocycles. The molecule has 0 saturated carbocycles. The van der Waals surface area contributed by atoms with Gasteiger partial charge in [-0.2, -0.15) is 0 Å². The van der Waals surface area contributed by atoms with Crippen molar-refractivity contribution in [3.63, 3.8) is 0 Å². The lowest BCUT2D eigenvalue weighted by Crippen LogP contribution is -3.00. The number of halogens is 1. The van der Waals surface area contributed by atoms with Crippen molar-refractivity contribution in [1.82, 2.24) is 0 Å². The number of pyridine rings is 1. The molecule has 1 aromatic heterocycles. The summed E-state index contributed by atoms with van der Waals surface area (Å²) in [6, 6.07) is 2.93. The van der Waals surface area contributed by atoms with Crippen molar-refractivity contribution >= 4 is 5.91 Å². The summed E-state index contributed by atoms with van der Waals surface area (Å²) in [5.41, 5.74) is 5.17. The van der Waals surface area contributed by atoms with E-state index in [-0.39, 0.29) is 29.5 Å². The molecule has 2 N–H and O–H groups in total. The monoisotopic (exact) mass is 267 g/mol. The molecule has 0 bridgehead atoms. The highest BCUT2D eigenvalue weighted by atomic mass is 127. The Morgan fingerprint density at radius 3 is 3.09 bits per heavy atom. The number of aromatic nitrogens is 1. The lowest BCUT2D eigenvalue weighted by Gasteiger charge is -1.89. The zero-order chi connectivity index (χ0) is 10.1. The summed E-state index contributed by atoms with van der Waals surface area (Å²) in [6.45, 7) is -2.27. The number of nitrogens with two attached hydrogens (primary N) is 1. The Balaban J connectivity index is 0.00000169. The molecule has 1 aromatic rings. The van der Waals surface area contributed by atoms with Crippen LogP contribution in [0.15, 0.2) is 24.5 Å². The van der Waals surface area contributed by atoms with Crippen molar-refractivity contribution < 1.29 is 37.5 Å². The number of primary amides is 1. The van der Waals surface area contributed by atoms with Crippen LogP contribution >= 0.6 is 0 Å². The summed E-state index contributed by atoms with van der Waals surface area (Å²) in [6.07, 6.45) is 2.56. The van der Waals surface area contributed by atoms with Gasteiger partial charge >= 0.3 is 0 Å². The predicted octanol–water partition coefficient (Wildman–Crippen LogP) is -3.39. The Hall–Kier alpha value is -0.650. The second kappa shape index (κ2) is 4.27. The van der Waals surface area contributed by atoms with Crippen LogP contribution in [0, 0.1) is 0 Å². The third-order valence-electron chi connectivity index (χ3n) is 1.09. The van der Waals surface area contributed by atoms with Gasteiger partial charge in [-0.25, -0.2) is 4.57 Å². The molecule has 0 aliphatic carbocycles. The van der Waals surface area contributed by atoms with Crippen LogP contribution < -0.4 is 34.3 Å². The molecular formula is C7H9IN2O. The minimum absolute atomic E-state index is 0. The van der Waals surface area contributed by atoms with Gasteiger partial charge in [0.1, 0.15) is 16.7 Å². The molecule has 0 saturated heterocycles. The van der Waals surface area contributed by atoms with E-state index in [0.29, 0.717) is 0 Å². The van der Waals surface area contributed by atoms with Gasteiger partial charge in [-0.3, -0.25) is 4.79 Å². The van der Waals surface area contributed by atoms with E-state index < -0.39 is 12.9 Å². The molecular weight excluding hydrogens is 255 g/mol. The number of hydrogen-bond acceptors (Lipinski definition) is 1. The fourth-order valence-corrected chi connectivity index (χ4v) is 0.621. The Kier molecular flexibility index (Phi) is 2.31. The predicted molar refractivity (Wildman–Crippen MR) is 36.1 cm³/mol. The van der Waals surface area contributed by atoms with Crippen LogP contribution in [0.2, 0.25) is 0 Å². The quantitative estimate of drug-likeness (QED) is 0.419. The van der Waals surface area contributed by atoms with Crippen LogP contribution in [-0.2, 0) is 6.98 Å². The summed E-state index contributed by atoms with van der Waals surface area (Å²) in [5.74, 6) is -0.640. The molecule has 0 radical (unpaired) electrons. The molecule has 0 aliphatic heterocycles. The van der Waals surface area contributed by atoms with Gasteiger partial charge in [0.2, 0.25) is 0 Å². The van der Waals surface area contributed by atoms with E-state index in [1.54, 1.807) is 0 Å². The standard InChI is InChI=1S/C7H8N2O.HI/c1-9-4-2-3-6(5-9)7(8)10;/h2-5H,1H3,(H-,8,10);1H/i1D3;. The molecule has 60 valence electrons. The Bertz CT molecular complexity index is 340. The third kappa shape index (κ3) is 2.83. The summed E-state index contributed by atoms with van der Waals surface area (Å²) in [7, 11) is 0. The maximum Gasteiger partial charge on any atom is 0.254 e. The minimum Gasteiger partial charge on any atom is -1.00 e. The van der Waals surface area contributed by atoms with Crippen LogP contribution in [0.5, 0.6) is 0 Å². The van der Waals surface area contributed by atoms with E-state index in [1.165, 1.54) is 24.5 Å². The first kappa shape index (κ1) is 5.93. The minimum atomic E-state index is -2.27. The van der Waals surface area contributed by atoms with E-state index in [9.17, 15) is 4.79 Å². The number of rotatable bonds is 1. The lowest BCUT2D eigenvalue weighted by molar-refractivity contribution is -0.671. The number of carbonyl (C=O) groups is 1. The highest BCUT2D eigenvalue weighted by Gasteiger charge is 2.02. The highest BCUT2D eigenvalue weighted by Crippen LogP contribution is 1.89. The third-order valence-corrected chi connectivity index (χ3v) is 1.09. The second-order valence-corrected chi connectivity index (χ2v) is 1.86. The smallest absolute Gasteiger partial charge is 0.254 e.